The van der Waals surface area contributed by atoms with E-state index in [-0.39, 0.29) is 23.3 Å². The van der Waals surface area contributed by atoms with E-state index < -0.39 is 11.7 Å². The summed E-state index contributed by atoms with van der Waals surface area (Å²) in [6.45, 7) is 2.82. The Bertz CT molecular complexity index is 1140. The molecule has 10 heteroatoms. The normalized spacial score (nSPS) is 15.2. The van der Waals surface area contributed by atoms with Crippen LogP contribution in [-0.4, -0.2) is 66.8 Å². The van der Waals surface area contributed by atoms with Gasteiger partial charge in [0.05, 0.1) is 19.3 Å². The minimum absolute atomic E-state index is 0.0746. The Morgan fingerprint density at radius 3 is 2.33 bits per heavy atom. The lowest BCUT2D eigenvalue weighted by atomic mass is 10.2. The fourth-order valence-corrected chi connectivity index (χ4v) is 4.08. The largest absolute Gasteiger partial charge is 0.497 e. The van der Waals surface area contributed by atoms with Crippen LogP contribution >= 0.6 is 0 Å². The second kappa shape index (κ2) is 16.5. The van der Waals surface area contributed by atoms with Crippen LogP contribution in [0.1, 0.15) is 48.9 Å². The molecule has 2 saturated heterocycles. The molecule has 0 radical (unpaired) electrons. The third-order valence-corrected chi connectivity index (χ3v) is 6.11. The number of nitrogens with zero attached hydrogens (tertiary/aromatic N) is 3. The number of halogens is 1. The third-order valence-electron chi connectivity index (χ3n) is 6.11. The summed E-state index contributed by atoms with van der Waals surface area (Å²) in [6.07, 6.45) is 14.0. The fraction of sp³-hybridized carbons (Fsp3) is 0.379. The van der Waals surface area contributed by atoms with Gasteiger partial charge in [-0.25, -0.2) is 9.38 Å². The van der Waals surface area contributed by atoms with Crippen LogP contribution in [0, 0.1) is 18.7 Å². The van der Waals surface area contributed by atoms with Crippen molar-refractivity contribution in [2.75, 3.05) is 33.3 Å². The van der Waals surface area contributed by atoms with Crippen molar-refractivity contribution >= 4 is 29.4 Å². The van der Waals surface area contributed by atoms with Gasteiger partial charge in [0.25, 0.3) is 5.91 Å². The van der Waals surface area contributed by atoms with Gasteiger partial charge in [-0.3, -0.25) is 19.7 Å². The van der Waals surface area contributed by atoms with Crippen molar-refractivity contribution in [2.24, 2.45) is 10.7 Å². The zero-order chi connectivity index (χ0) is 28.6. The molecule has 0 aliphatic carbocycles. The number of carbonyl (C=O) groups excluding carboxylic acids is 3. The zero-order valence-corrected chi connectivity index (χ0v) is 22.3. The number of ether oxygens (including phenoxy) is 1. The number of guanidine groups is 1. The Balaban J connectivity index is 0.000000265. The Hall–Kier alpha value is -4.39. The Labute approximate surface area is 229 Å². The summed E-state index contributed by atoms with van der Waals surface area (Å²) in [4.78, 5) is 43.1. The number of likely N-dealkylation sites (tertiary alicyclic amines) is 2. The second-order valence-electron chi connectivity index (χ2n) is 8.87. The molecule has 2 heterocycles. The average molecular weight is 538 g/mol. The van der Waals surface area contributed by atoms with Crippen LogP contribution in [0.2, 0.25) is 0 Å². The number of methoxy groups -OCH3 is 1. The third kappa shape index (κ3) is 10.5. The molecule has 4 rings (SSSR count). The molecular weight excluding hydrogens is 501 g/mol. The molecule has 39 heavy (non-hydrogen) atoms. The first kappa shape index (κ1) is 30.8. The predicted molar refractivity (Wildman–Crippen MR) is 149 cm³/mol. The van der Waals surface area contributed by atoms with Gasteiger partial charge < -0.3 is 20.3 Å². The molecule has 0 spiro atoms. The van der Waals surface area contributed by atoms with Gasteiger partial charge >= 0.3 is 0 Å². The van der Waals surface area contributed by atoms with Crippen LogP contribution < -0.4 is 15.8 Å². The van der Waals surface area contributed by atoms with Crippen molar-refractivity contribution in [1.29, 1.82) is 0 Å². The zero-order valence-electron chi connectivity index (χ0n) is 22.3. The average Bonchev–Trinajstić information content (AvgIpc) is 3.42. The molecule has 0 unspecified atom stereocenters. The Kier molecular flexibility index (Phi) is 13.0. The molecule has 208 valence electrons. The van der Waals surface area contributed by atoms with Crippen molar-refractivity contribution in [3.05, 3.63) is 59.9 Å². The highest BCUT2D eigenvalue weighted by molar-refractivity contribution is 6.05. The van der Waals surface area contributed by atoms with E-state index in [1.165, 1.54) is 18.2 Å². The van der Waals surface area contributed by atoms with E-state index in [0.717, 1.165) is 57.8 Å². The molecule has 2 aromatic carbocycles. The topological polar surface area (TPSA) is 117 Å². The van der Waals surface area contributed by atoms with Crippen molar-refractivity contribution in [3.8, 4) is 18.6 Å². The highest BCUT2D eigenvalue weighted by atomic mass is 19.1. The number of carbonyl (C=O) groups is 3. The first-order valence-electron chi connectivity index (χ1n) is 12.8. The summed E-state index contributed by atoms with van der Waals surface area (Å²) in [5, 5.41) is 2.39. The molecule has 0 atom stereocenters. The number of nitrogens with one attached hydrogen (secondary N) is 1. The quantitative estimate of drug-likeness (QED) is 0.344. The first-order valence-corrected chi connectivity index (χ1v) is 12.8. The van der Waals surface area contributed by atoms with Gasteiger partial charge in [-0.15, -0.1) is 12.8 Å². The molecule has 2 aliphatic rings. The number of hydrogen-bond acceptors (Lipinski definition) is 5. The number of amides is 3. The molecule has 2 aliphatic heterocycles. The van der Waals surface area contributed by atoms with Crippen LogP contribution in [0.4, 0.5) is 10.1 Å². The molecular formula is C29H36FN5O4. The Morgan fingerprint density at radius 2 is 1.69 bits per heavy atom. The number of hydrogen-bond donors (Lipinski definition) is 2. The minimum atomic E-state index is -0.524. The van der Waals surface area contributed by atoms with Gasteiger partial charge in [0.15, 0.2) is 0 Å². The van der Waals surface area contributed by atoms with E-state index in [0.29, 0.717) is 24.4 Å². The van der Waals surface area contributed by atoms with E-state index in [1.807, 2.05) is 4.90 Å². The number of rotatable bonds is 5. The van der Waals surface area contributed by atoms with Crippen molar-refractivity contribution in [2.45, 2.75) is 38.5 Å². The smallest absolute Gasteiger partial charge is 0.258 e. The molecule has 3 N–H and O–H groups in total. The van der Waals surface area contributed by atoms with Crippen LogP contribution in [0.25, 0.3) is 0 Å². The number of aliphatic imine (C=N–C) groups is 1. The second-order valence-corrected chi connectivity index (χ2v) is 8.87. The highest BCUT2D eigenvalue weighted by Gasteiger charge is 2.23. The molecule has 0 saturated carbocycles. The molecule has 3 amide bonds. The van der Waals surface area contributed by atoms with E-state index in [1.54, 1.807) is 36.3 Å². The number of nitrogens with two attached hydrogens (primary N) is 1. The standard InChI is InChI=1S/C15H14FN3O2.C12H20N2O2.C2H2/c1-21-13-7-5-12(6-8-13)18-15(17)19-14(20)10-3-2-4-11(16)9-10;15-11-6-2-1-3-9-14(11)10-12(16)13-7-4-5-8-13;1-2/h2-9H,1H3,(H3,17,18,19,20);1-10H2;1-2H. The number of terminal acetylenes is 1. The van der Waals surface area contributed by atoms with Crippen molar-refractivity contribution in [1.82, 2.24) is 15.1 Å². The summed E-state index contributed by atoms with van der Waals surface area (Å²) >= 11 is 0. The molecule has 9 nitrogen and oxygen atoms in total. The lowest BCUT2D eigenvalue weighted by Crippen LogP contribution is -2.41. The van der Waals surface area contributed by atoms with Gasteiger partial charge in [0.1, 0.15) is 11.6 Å². The van der Waals surface area contributed by atoms with E-state index >= 15 is 0 Å². The maximum atomic E-state index is 13.0. The van der Waals surface area contributed by atoms with E-state index in [2.05, 4.69) is 23.2 Å². The van der Waals surface area contributed by atoms with Gasteiger partial charge in [-0.05, 0) is 68.1 Å². The lowest BCUT2D eigenvalue weighted by Gasteiger charge is -2.23. The van der Waals surface area contributed by atoms with Crippen molar-refractivity contribution < 1.29 is 23.5 Å². The van der Waals surface area contributed by atoms with Crippen LogP contribution in [0.15, 0.2) is 53.5 Å². The van der Waals surface area contributed by atoms with Gasteiger partial charge in [-0.1, -0.05) is 12.5 Å². The summed E-state index contributed by atoms with van der Waals surface area (Å²) < 4.78 is 18.1. The molecule has 0 bridgehead atoms. The van der Waals surface area contributed by atoms with Crippen LogP contribution in [0.5, 0.6) is 5.75 Å². The summed E-state index contributed by atoms with van der Waals surface area (Å²) in [5.41, 5.74) is 6.38. The lowest BCUT2D eigenvalue weighted by molar-refractivity contribution is -0.139. The van der Waals surface area contributed by atoms with Gasteiger partial charge in [-0.2, -0.15) is 0 Å². The van der Waals surface area contributed by atoms with Crippen LogP contribution in [0.3, 0.4) is 0 Å². The predicted octanol–water partition coefficient (Wildman–Crippen LogP) is 3.47. The van der Waals surface area contributed by atoms with E-state index in [4.69, 9.17) is 10.5 Å². The number of benzene rings is 2. The highest BCUT2D eigenvalue weighted by Crippen LogP contribution is 2.17. The van der Waals surface area contributed by atoms with Crippen molar-refractivity contribution in [3.63, 3.8) is 0 Å². The summed E-state index contributed by atoms with van der Waals surface area (Å²) in [7, 11) is 1.56. The van der Waals surface area contributed by atoms with Gasteiger partial charge in [0.2, 0.25) is 17.8 Å². The van der Waals surface area contributed by atoms with Crippen LogP contribution in [-0.2, 0) is 9.59 Å². The molecule has 2 fully saturated rings. The SMILES string of the molecule is C#C.COc1ccc(N=C(N)NC(=O)c2cccc(F)c2)cc1.O=C(CN1CCCCCC1=O)N1CCCC1. The summed E-state index contributed by atoms with van der Waals surface area (Å²) in [6, 6.07) is 12.1. The monoisotopic (exact) mass is 537 g/mol. The summed E-state index contributed by atoms with van der Waals surface area (Å²) in [5.74, 6) is -0.110. The minimum Gasteiger partial charge on any atom is -0.497 e. The first-order chi connectivity index (χ1) is 18.9. The molecule has 2 aromatic rings. The maximum Gasteiger partial charge on any atom is 0.258 e. The fourth-order valence-electron chi connectivity index (χ4n) is 4.08. The van der Waals surface area contributed by atoms with Gasteiger partial charge in [0, 0.05) is 31.6 Å². The maximum absolute atomic E-state index is 13.0. The van der Waals surface area contributed by atoms with E-state index in [9.17, 15) is 18.8 Å². The Morgan fingerprint density at radius 1 is 1.03 bits per heavy atom. The molecule has 0 aromatic heterocycles.